The molecule has 0 unspecified atom stereocenters. The smallest absolute Gasteiger partial charge is 0.277 e. The Balaban J connectivity index is 1.73. The van der Waals surface area contributed by atoms with Crippen molar-refractivity contribution in [1.29, 1.82) is 0 Å². The maximum Gasteiger partial charge on any atom is 0.277 e. The molecule has 0 fully saturated rings. The van der Waals surface area contributed by atoms with Crippen molar-refractivity contribution >= 4 is 23.1 Å². The van der Waals surface area contributed by atoms with Gasteiger partial charge in [0.15, 0.2) is 0 Å². The number of nitrogens with zero attached hydrogens (tertiary/aromatic N) is 3. The van der Waals surface area contributed by atoms with E-state index < -0.39 is 0 Å². The number of hydrogen-bond donors (Lipinski definition) is 0. The molecule has 0 aliphatic rings. The molecule has 1 aromatic carbocycles. The standard InChI is InChI=1S/C15H15N3O2S2/c1-3-19-13-7-5-4-6-12(13)14-17-18-15(20-14)22-9-11-8-21-10(2)16-11/h4-8H,3,9H2,1-2H3. The van der Waals surface area contributed by atoms with Crippen LogP contribution in [0.1, 0.15) is 17.6 Å². The molecule has 0 amide bonds. The van der Waals surface area contributed by atoms with Crippen molar-refractivity contribution < 1.29 is 9.15 Å². The average molecular weight is 333 g/mol. The summed E-state index contributed by atoms with van der Waals surface area (Å²) < 4.78 is 11.3. The van der Waals surface area contributed by atoms with Gasteiger partial charge in [0.05, 0.1) is 22.9 Å². The second-order valence-corrected chi connectivity index (χ2v) is 6.44. The Bertz CT molecular complexity index is 755. The number of aryl methyl sites for hydroxylation is 1. The van der Waals surface area contributed by atoms with Crippen LogP contribution in [0.15, 0.2) is 39.3 Å². The summed E-state index contributed by atoms with van der Waals surface area (Å²) in [4.78, 5) is 4.42. The van der Waals surface area contributed by atoms with Crippen LogP contribution in [0, 0.1) is 6.92 Å². The van der Waals surface area contributed by atoms with Crippen molar-refractivity contribution in [3.63, 3.8) is 0 Å². The fourth-order valence-electron chi connectivity index (χ4n) is 1.91. The van der Waals surface area contributed by atoms with Gasteiger partial charge in [-0.1, -0.05) is 23.9 Å². The van der Waals surface area contributed by atoms with Crippen molar-refractivity contribution in [2.75, 3.05) is 6.61 Å². The Hall–Kier alpha value is -1.86. The van der Waals surface area contributed by atoms with Gasteiger partial charge in [0.1, 0.15) is 5.75 Å². The van der Waals surface area contributed by atoms with Gasteiger partial charge in [-0.3, -0.25) is 0 Å². The molecule has 0 saturated carbocycles. The molecule has 0 aliphatic carbocycles. The van der Waals surface area contributed by atoms with Gasteiger partial charge in [-0.25, -0.2) is 4.98 Å². The first kappa shape index (κ1) is 15.1. The monoisotopic (exact) mass is 333 g/mol. The van der Waals surface area contributed by atoms with Gasteiger partial charge < -0.3 is 9.15 Å². The summed E-state index contributed by atoms with van der Waals surface area (Å²) in [6.45, 7) is 4.53. The highest BCUT2D eigenvalue weighted by atomic mass is 32.2. The molecular formula is C15H15N3O2S2. The first-order valence-electron chi connectivity index (χ1n) is 6.85. The summed E-state index contributed by atoms with van der Waals surface area (Å²) in [6, 6.07) is 7.66. The van der Waals surface area contributed by atoms with E-state index in [4.69, 9.17) is 9.15 Å². The van der Waals surface area contributed by atoms with Gasteiger partial charge in [0.25, 0.3) is 11.1 Å². The lowest BCUT2D eigenvalue weighted by molar-refractivity contribution is 0.340. The SMILES string of the molecule is CCOc1ccccc1-c1nnc(SCc2csc(C)n2)o1. The summed E-state index contributed by atoms with van der Waals surface area (Å²) in [5.74, 6) is 1.94. The maximum atomic E-state index is 5.72. The third kappa shape index (κ3) is 3.48. The molecule has 0 atom stereocenters. The topological polar surface area (TPSA) is 61.0 Å². The Morgan fingerprint density at radius 2 is 2.14 bits per heavy atom. The zero-order valence-corrected chi connectivity index (χ0v) is 13.9. The zero-order valence-electron chi connectivity index (χ0n) is 12.3. The Morgan fingerprint density at radius 1 is 1.27 bits per heavy atom. The lowest BCUT2D eigenvalue weighted by Gasteiger charge is -2.05. The third-order valence-corrected chi connectivity index (χ3v) is 4.51. The first-order chi connectivity index (χ1) is 10.8. The number of benzene rings is 1. The number of ether oxygens (including phenoxy) is 1. The first-order valence-corrected chi connectivity index (χ1v) is 8.72. The molecule has 0 spiro atoms. The zero-order chi connectivity index (χ0) is 15.4. The molecule has 0 aliphatic heterocycles. The number of thioether (sulfide) groups is 1. The molecule has 114 valence electrons. The molecule has 22 heavy (non-hydrogen) atoms. The number of para-hydroxylation sites is 1. The predicted octanol–water partition coefficient (Wildman–Crippen LogP) is 4.19. The highest BCUT2D eigenvalue weighted by Gasteiger charge is 2.14. The number of thiazole rings is 1. The van der Waals surface area contributed by atoms with Crippen molar-refractivity contribution in [3.8, 4) is 17.2 Å². The normalized spacial score (nSPS) is 10.8. The van der Waals surface area contributed by atoms with Gasteiger partial charge in [0.2, 0.25) is 0 Å². The van der Waals surface area contributed by atoms with Crippen molar-refractivity contribution in [3.05, 3.63) is 40.3 Å². The van der Waals surface area contributed by atoms with E-state index in [2.05, 4.69) is 15.2 Å². The molecular weight excluding hydrogens is 318 g/mol. The van der Waals surface area contributed by atoms with Gasteiger partial charge >= 0.3 is 0 Å². The molecule has 0 N–H and O–H groups in total. The maximum absolute atomic E-state index is 5.72. The molecule has 3 rings (SSSR count). The van der Waals surface area contributed by atoms with Gasteiger partial charge in [-0.2, -0.15) is 0 Å². The van der Waals surface area contributed by atoms with E-state index in [-0.39, 0.29) is 0 Å². The molecule has 5 nitrogen and oxygen atoms in total. The highest BCUT2D eigenvalue weighted by molar-refractivity contribution is 7.98. The fraction of sp³-hybridized carbons (Fsp3) is 0.267. The predicted molar refractivity (Wildman–Crippen MR) is 87.3 cm³/mol. The van der Waals surface area contributed by atoms with E-state index in [0.29, 0.717) is 17.7 Å². The highest BCUT2D eigenvalue weighted by Crippen LogP contribution is 2.31. The van der Waals surface area contributed by atoms with Gasteiger partial charge in [-0.15, -0.1) is 21.5 Å². The van der Waals surface area contributed by atoms with Crippen molar-refractivity contribution in [2.45, 2.75) is 24.8 Å². The number of hydrogen-bond acceptors (Lipinski definition) is 7. The minimum absolute atomic E-state index is 0.473. The van der Waals surface area contributed by atoms with E-state index in [1.165, 1.54) is 11.8 Å². The lowest BCUT2D eigenvalue weighted by atomic mass is 10.2. The minimum Gasteiger partial charge on any atom is -0.493 e. The van der Waals surface area contributed by atoms with Crippen LogP contribution >= 0.6 is 23.1 Å². The molecule has 2 heterocycles. The van der Waals surface area contributed by atoms with Gasteiger partial charge in [-0.05, 0) is 26.0 Å². The summed E-state index contributed by atoms with van der Waals surface area (Å²) in [5, 5.41) is 11.8. The molecule has 0 bridgehead atoms. The Kier molecular flexibility index (Phi) is 4.74. The van der Waals surface area contributed by atoms with Crippen LogP contribution in [0.3, 0.4) is 0 Å². The molecule has 2 aromatic heterocycles. The Morgan fingerprint density at radius 3 is 2.91 bits per heavy atom. The Labute approximate surface area is 136 Å². The van der Waals surface area contributed by atoms with Gasteiger partial charge in [0, 0.05) is 11.1 Å². The van der Waals surface area contributed by atoms with Crippen LogP contribution in [0.25, 0.3) is 11.5 Å². The fourth-order valence-corrected chi connectivity index (χ4v) is 3.29. The summed E-state index contributed by atoms with van der Waals surface area (Å²) >= 11 is 3.13. The average Bonchev–Trinajstić information content (AvgIpc) is 3.15. The van der Waals surface area contributed by atoms with Crippen LogP contribution in [0.4, 0.5) is 0 Å². The van der Waals surface area contributed by atoms with E-state index >= 15 is 0 Å². The van der Waals surface area contributed by atoms with E-state index in [9.17, 15) is 0 Å². The van der Waals surface area contributed by atoms with Crippen LogP contribution in [0.5, 0.6) is 5.75 Å². The quantitative estimate of drug-likeness (QED) is 0.630. The minimum atomic E-state index is 0.473. The van der Waals surface area contributed by atoms with E-state index in [1.54, 1.807) is 11.3 Å². The summed E-state index contributed by atoms with van der Waals surface area (Å²) in [5.41, 5.74) is 1.84. The molecule has 3 aromatic rings. The van der Waals surface area contributed by atoms with E-state index in [1.807, 2.05) is 43.5 Å². The lowest BCUT2D eigenvalue weighted by Crippen LogP contribution is -1.93. The summed E-state index contributed by atoms with van der Waals surface area (Å²) in [6.07, 6.45) is 0. The van der Waals surface area contributed by atoms with Crippen LogP contribution < -0.4 is 4.74 Å². The summed E-state index contributed by atoms with van der Waals surface area (Å²) in [7, 11) is 0. The van der Waals surface area contributed by atoms with Crippen LogP contribution in [-0.4, -0.2) is 21.8 Å². The van der Waals surface area contributed by atoms with Crippen LogP contribution in [0.2, 0.25) is 0 Å². The third-order valence-electron chi connectivity index (χ3n) is 2.83. The molecule has 7 heteroatoms. The van der Waals surface area contributed by atoms with Crippen LogP contribution in [-0.2, 0) is 5.75 Å². The second kappa shape index (κ2) is 6.93. The largest absolute Gasteiger partial charge is 0.493 e. The van der Waals surface area contributed by atoms with E-state index in [0.717, 1.165) is 27.8 Å². The van der Waals surface area contributed by atoms with Crippen molar-refractivity contribution in [1.82, 2.24) is 15.2 Å². The van der Waals surface area contributed by atoms with Crippen molar-refractivity contribution in [2.24, 2.45) is 0 Å². The molecule has 0 radical (unpaired) electrons. The number of aromatic nitrogens is 3. The second-order valence-electron chi connectivity index (χ2n) is 4.45. The number of rotatable bonds is 6. The molecule has 0 saturated heterocycles.